The number of benzene rings is 10. The highest BCUT2D eigenvalue weighted by atomic mass is 16.3. The van der Waals surface area contributed by atoms with Gasteiger partial charge in [0.15, 0.2) is 0 Å². The number of furan rings is 1. The summed E-state index contributed by atoms with van der Waals surface area (Å²) in [7, 11) is 0. The zero-order valence-electron chi connectivity index (χ0n) is 56.4. The van der Waals surface area contributed by atoms with Crippen molar-refractivity contribution in [3.63, 3.8) is 0 Å². The van der Waals surface area contributed by atoms with E-state index in [1.54, 1.807) is 0 Å². The molecule has 0 unspecified atom stereocenters. The fourth-order valence-electron chi connectivity index (χ4n) is 15.3. The lowest BCUT2D eigenvalue weighted by Gasteiger charge is -2.42. The van der Waals surface area contributed by atoms with Crippen molar-refractivity contribution in [3.8, 4) is 16.9 Å². The van der Waals surface area contributed by atoms with E-state index in [9.17, 15) is 0 Å². The molecule has 0 fully saturated rings. The Bertz CT molecular complexity index is 4790. The zero-order chi connectivity index (χ0) is 63.8. The Morgan fingerprint density at radius 1 is 0.374 bits per heavy atom. The molecule has 0 saturated carbocycles. The topological polar surface area (TPSA) is 27.8 Å². The number of aromatic nitrogens is 1. The SMILES string of the molecule is CC(C)(C)c1ccc(N(c2ccc(C(C)(C)C)cc2)c2ccc3c(c2)N(c2cccc4oc5ccccc5c24)c2cc(N(c4ccc(C(C)(C)C)cc4)c4ccc(C(C)(C)C)cc4)cc4c2B3c2cc(C(C)(C)C)cc3c5c(n-4c23)-c2ccccc2C5(C)C)cc1. The molecule has 0 bridgehead atoms. The van der Waals surface area contributed by atoms with Crippen LogP contribution in [-0.4, -0.2) is 11.3 Å². The van der Waals surface area contributed by atoms with Gasteiger partial charge in [-0.3, -0.25) is 0 Å². The van der Waals surface area contributed by atoms with Crippen molar-refractivity contribution >= 4 is 107 Å². The number of nitrogens with zero attached hydrogens (tertiary/aromatic N) is 4. The summed E-state index contributed by atoms with van der Waals surface area (Å²) in [4.78, 5) is 7.62. The van der Waals surface area contributed by atoms with Gasteiger partial charge >= 0.3 is 0 Å². The highest BCUT2D eigenvalue weighted by Gasteiger charge is 2.48. The first kappa shape index (κ1) is 58.4. The number of fused-ring (bicyclic) bond motifs is 12. The van der Waals surface area contributed by atoms with Crippen molar-refractivity contribution in [1.29, 1.82) is 0 Å². The summed E-state index contributed by atoms with van der Waals surface area (Å²) in [5, 5.41) is 3.50. The van der Waals surface area contributed by atoms with E-state index in [-0.39, 0.29) is 39.2 Å². The number of hydrogen-bond acceptors (Lipinski definition) is 4. The molecule has 3 aliphatic rings. The van der Waals surface area contributed by atoms with Gasteiger partial charge in [-0.2, -0.15) is 0 Å². The molecule has 6 heteroatoms. The van der Waals surface area contributed by atoms with Crippen LogP contribution in [0.3, 0.4) is 0 Å². The van der Waals surface area contributed by atoms with Crippen LogP contribution in [0.1, 0.15) is 157 Å². The lowest BCUT2D eigenvalue weighted by molar-refractivity contribution is 0.590. The van der Waals surface area contributed by atoms with Gasteiger partial charge in [-0.15, -0.1) is 0 Å². The van der Waals surface area contributed by atoms with Crippen LogP contribution in [0.25, 0.3) is 49.8 Å². The Kier molecular flexibility index (Phi) is 12.8. The molecular formula is C85H85BN4O. The molecule has 0 saturated heterocycles. The lowest BCUT2D eigenvalue weighted by atomic mass is 9.33. The fourth-order valence-corrected chi connectivity index (χ4v) is 15.3. The Morgan fingerprint density at radius 2 is 0.835 bits per heavy atom. The van der Waals surface area contributed by atoms with Crippen LogP contribution in [0.4, 0.5) is 51.2 Å². The maximum atomic E-state index is 6.90. The summed E-state index contributed by atoms with van der Waals surface area (Å²) in [6, 6.07) is 79.4. The Morgan fingerprint density at radius 3 is 1.37 bits per heavy atom. The Hall–Kier alpha value is -9.00. The van der Waals surface area contributed by atoms with E-state index in [0.717, 1.165) is 73.1 Å². The number of para-hydroxylation sites is 1. The third kappa shape index (κ3) is 9.23. The smallest absolute Gasteiger partial charge is 0.252 e. The van der Waals surface area contributed by atoms with E-state index in [1.165, 1.54) is 83.2 Å². The second-order valence-electron chi connectivity index (χ2n) is 32.0. The molecule has 454 valence electrons. The minimum absolute atomic E-state index is 0.0103. The minimum Gasteiger partial charge on any atom is -0.456 e. The molecule has 2 aliphatic heterocycles. The van der Waals surface area contributed by atoms with Gasteiger partial charge in [0, 0.05) is 72.8 Å². The quantitative estimate of drug-likeness (QED) is 0.149. The molecule has 4 heterocycles. The fraction of sp³-hybridized carbons (Fsp3) is 0.271. The number of hydrogen-bond donors (Lipinski definition) is 0. The van der Waals surface area contributed by atoms with Crippen molar-refractivity contribution < 1.29 is 4.42 Å². The minimum atomic E-state index is -0.282. The van der Waals surface area contributed by atoms with Crippen LogP contribution in [0.5, 0.6) is 0 Å². The molecule has 1 aliphatic carbocycles. The summed E-state index contributed by atoms with van der Waals surface area (Å²) in [6.45, 7) is 39.5. The summed E-state index contributed by atoms with van der Waals surface area (Å²) < 4.78 is 9.62. The molecule has 10 aromatic carbocycles. The van der Waals surface area contributed by atoms with E-state index >= 15 is 0 Å². The summed E-state index contributed by atoms with van der Waals surface area (Å²) >= 11 is 0. The lowest BCUT2D eigenvalue weighted by Crippen LogP contribution is -2.60. The predicted octanol–water partition coefficient (Wildman–Crippen LogP) is 21.9. The zero-order valence-corrected chi connectivity index (χ0v) is 56.4. The largest absolute Gasteiger partial charge is 0.456 e. The van der Waals surface area contributed by atoms with Crippen LogP contribution in [-0.2, 0) is 32.5 Å². The van der Waals surface area contributed by atoms with Gasteiger partial charge in [0.05, 0.1) is 22.5 Å². The van der Waals surface area contributed by atoms with Crippen LogP contribution in [0, 0.1) is 0 Å². The van der Waals surface area contributed by atoms with Crippen LogP contribution < -0.4 is 31.1 Å². The highest BCUT2D eigenvalue weighted by molar-refractivity contribution is 7.00. The van der Waals surface area contributed by atoms with Gasteiger partial charge in [-0.1, -0.05) is 227 Å². The normalized spacial score (nSPS) is 14.3. The van der Waals surface area contributed by atoms with E-state index in [4.69, 9.17) is 4.42 Å². The first-order valence-corrected chi connectivity index (χ1v) is 32.9. The van der Waals surface area contributed by atoms with E-state index in [1.807, 2.05) is 0 Å². The molecule has 91 heavy (non-hydrogen) atoms. The first-order valence-electron chi connectivity index (χ1n) is 32.9. The molecule has 12 aromatic rings. The van der Waals surface area contributed by atoms with Crippen molar-refractivity contribution in [3.05, 3.63) is 245 Å². The van der Waals surface area contributed by atoms with Gasteiger partial charge in [0.25, 0.3) is 6.71 Å². The molecule has 0 radical (unpaired) electrons. The Balaban J connectivity index is 1.10. The second-order valence-corrected chi connectivity index (χ2v) is 32.0. The number of rotatable bonds is 7. The monoisotopic (exact) mass is 1190 g/mol. The van der Waals surface area contributed by atoms with Crippen molar-refractivity contribution in [2.24, 2.45) is 0 Å². The van der Waals surface area contributed by atoms with Crippen LogP contribution in [0.2, 0.25) is 0 Å². The van der Waals surface area contributed by atoms with Gasteiger partial charge in [0.2, 0.25) is 0 Å². The number of anilines is 9. The molecule has 0 atom stereocenters. The molecule has 2 aromatic heterocycles. The molecular weight excluding hydrogens is 1100 g/mol. The van der Waals surface area contributed by atoms with Gasteiger partial charge in [0.1, 0.15) is 11.2 Å². The molecule has 0 amide bonds. The van der Waals surface area contributed by atoms with E-state index < -0.39 is 0 Å². The standard InChI is InChI=1S/C85H85BN4O/c1-80(2,3)52-29-37-57(38-30-52)87(58-39-31-53(32-40-58)81(4,5)6)61-45-46-67-70(49-61)89(69-26-22-28-74-75(69)64-24-19-21-27-73(64)91-74)71-50-62(88(59-41-33-54(34-42-59)82(7,8)9)60-43-35-55(36-44-60)83(10,11)12)51-72-77(71)86(67)68-48-56(84(13,14)15)47-65-76-79(90(72)78(65)68)63-23-18-20-25-66(63)85(76,16)17/h18-51H,1-17H3. The molecule has 5 nitrogen and oxygen atoms in total. The maximum absolute atomic E-state index is 6.90. The molecule has 0 spiro atoms. The summed E-state index contributed by atoms with van der Waals surface area (Å²) in [6.07, 6.45) is 0. The van der Waals surface area contributed by atoms with Gasteiger partial charge in [-0.05, 0) is 179 Å². The van der Waals surface area contributed by atoms with Gasteiger partial charge in [-0.25, -0.2) is 0 Å². The Labute approximate surface area is 540 Å². The molecule has 15 rings (SSSR count). The average Bonchev–Trinajstić information content (AvgIpc) is 1.57. The third-order valence-corrected chi connectivity index (χ3v) is 20.3. The van der Waals surface area contributed by atoms with Gasteiger partial charge < -0.3 is 23.7 Å². The summed E-state index contributed by atoms with van der Waals surface area (Å²) in [5.41, 5.74) is 29.3. The van der Waals surface area contributed by atoms with E-state index in [0.29, 0.717) is 0 Å². The van der Waals surface area contributed by atoms with Crippen molar-refractivity contribution in [2.45, 2.75) is 150 Å². The van der Waals surface area contributed by atoms with Crippen LogP contribution in [0.15, 0.2) is 211 Å². The first-order chi connectivity index (χ1) is 43.1. The third-order valence-electron chi connectivity index (χ3n) is 20.3. The van der Waals surface area contributed by atoms with Crippen molar-refractivity contribution in [2.75, 3.05) is 14.7 Å². The van der Waals surface area contributed by atoms with Crippen LogP contribution >= 0.6 is 0 Å². The second kappa shape index (κ2) is 20.0. The maximum Gasteiger partial charge on any atom is 0.252 e. The predicted molar refractivity (Wildman–Crippen MR) is 390 cm³/mol. The van der Waals surface area contributed by atoms with E-state index in [2.05, 4.69) is 343 Å². The average molecular weight is 1190 g/mol. The highest BCUT2D eigenvalue weighted by Crippen LogP contribution is 2.57. The summed E-state index contributed by atoms with van der Waals surface area (Å²) in [5.74, 6) is 0. The van der Waals surface area contributed by atoms with Crippen molar-refractivity contribution in [1.82, 2.24) is 4.57 Å². The molecule has 0 N–H and O–H groups in total.